The number of rotatable bonds is 6. The second-order valence-electron chi connectivity index (χ2n) is 8.38. The van der Waals surface area contributed by atoms with Gasteiger partial charge >= 0.3 is 6.03 Å². The smallest absolute Gasteiger partial charge is 0.321 e. The van der Waals surface area contributed by atoms with Crippen LogP contribution in [-0.4, -0.2) is 46.5 Å². The van der Waals surface area contributed by atoms with Gasteiger partial charge in [-0.25, -0.2) is 9.18 Å². The predicted octanol–water partition coefficient (Wildman–Crippen LogP) is 4.49. The summed E-state index contributed by atoms with van der Waals surface area (Å²) in [5.74, 6) is -0.490. The van der Waals surface area contributed by atoms with Crippen molar-refractivity contribution < 1.29 is 9.18 Å². The average molecular weight is 437 g/mol. The van der Waals surface area contributed by atoms with Crippen LogP contribution in [0.4, 0.5) is 14.9 Å². The van der Waals surface area contributed by atoms with Crippen LogP contribution in [0.5, 0.6) is 0 Å². The lowest BCUT2D eigenvalue weighted by molar-refractivity contribution is 0.174. The van der Waals surface area contributed by atoms with Crippen LogP contribution >= 0.6 is 0 Å². The van der Waals surface area contributed by atoms with E-state index in [-0.39, 0.29) is 23.8 Å². The van der Waals surface area contributed by atoms with Gasteiger partial charge in [0, 0.05) is 18.2 Å². The van der Waals surface area contributed by atoms with Crippen LogP contribution in [0.3, 0.4) is 0 Å². The normalized spacial score (nSPS) is 16.4. The van der Waals surface area contributed by atoms with Crippen LogP contribution in [-0.2, 0) is 6.54 Å². The number of aromatic amines is 1. The minimum absolute atomic E-state index is 0.129. The number of likely N-dealkylation sites (tertiary alicyclic amines) is 1. The molecule has 0 radical (unpaired) electrons. The van der Waals surface area contributed by atoms with Crippen molar-refractivity contribution in [1.82, 2.24) is 14.8 Å². The van der Waals surface area contributed by atoms with Crippen molar-refractivity contribution in [3.63, 3.8) is 0 Å². The fraction of sp³-hybridized carbons (Fsp3) is 0.360. The zero-order valence-electron chi connectivity index (χ0n) is 18.5. The molecule has 1 aromatic heterocycles. The lowest BCUT2D eigenvalue weighted by Crippen LogP contribution is -2.45. The molecule has 2 aromatic carbocycles. The Hall–Kier alpha value is -3.19. The summed E-state index contributed by atoms with van der Waals surface area (Å²) in [6, 6.07) is 13.6. The molecule has 2 amide bonds. The molecule has 1 aliphatic rings. The third-order valence-electron chi connectivity index (χ3n) is 6.27. The number of anilines is 1. The lowest BCUT2D eigenvalue weighted by Gasteiger charge is -2.30. The van der Waals surface area contributed by atoms with Crippen molar-refractivity contribution in [3.8, 4) is 0 Å². The van der Waals surface area contributed by atoms with Crippen LogP contribution in [0.1, 0.15) is 30.9 Å². The van der Waals surface area contributed by atoms with Gasteiger partial charge in [0.05, 0.1) is 17.7 Å². The molecule has 1 fully saturated rings. The summed E-state index contributed by atoms with van der Waals surface area (Å²) in [5, 5.41) is 3.61. The SMILES string of the molecule is CCN1CCC[C@@H]1CN(Cc1cc2cccc(C)c2[nH]c1=O)C(=O)Nc1ccccc1F. The monoisotopic (exact) mass is 436 g/mol. The van der Waals surface area contributed by atoms with Crippen LogP contribution in [0.2, 0.25) is 0 Å². The van der Waals surface area contributed by atoms with E-state index in [1.54, 1.807) is 17.0 Å². The molecule has 4 rings (SSSR count). The van der Waals surface area contributed by atoms with Crippen LogP contribution in [0.15, 0.2) is 53.3 Å². The number of H-pyrrole nitrogens is 1. The number of carbonyl (C=O) groups is 1. The summed E-state index contributed by atoms with van der Waals surface area (Å²) in [4.78, 5) is 33.0. The van der Waals surface area contributed by atoms with E-state index in [0.717, 1.165) is 42.4 Å². The van der Waals surface area contributed by atoms with Crippen molar-refractivity contribution in [3.05, 3.63) is 75.8 Å². The number of pyridine rings is 1. The Kier molecular flexibility index (Phi) is 6.55. The van der Waals surface area contributed by atoms with Crippen LogP contribution in [0, 0.1) is 12.7 Å². The number of likely N-dealkylation sites (N-methyl/N-ethyl adjacent to an activating group) is 1. The Morgan fingerprint density at radius 3 is 2.84 bits per heavy atom. The maximum absolute atomic E-state index is 14.1. The van der Waals surface area contributed by atoms with Gasteiger partial charge in [-0.15, -0.1) is 0 Å². The van der Waals surface area contributed by atoms with Crippen molar-refractivity contribution in [2.24, 2.45) is 0 Å². The van der Waals surface area contributed by atoms with Crippen molar-refractivity contribution in [2.75, 3.05) is 25.0 Å². The highest BCUT2D eigenvalue weighted by atomic mass is 19.1. The second kappa shape index (κ2) is 9.53. The van der Waals surface area contributed by atoms with Gasteiger partial charge in [-0.1, -0.05) is 37.3 Å². The second-order valence-corrected chi connectivity index (χ2v) is 8.38. The molecular formula is C25H29FN4O2. The first-order chi connectivity index (χ1) is 15.5. The summed E-state index contributed by atoms with van der Waals surface area (Å²) in [5.41, 5.74) is 2.22. The lowest BCUT2D eigenvalue weighted by atomic mass is 10.1. The largest absolute Gasteiger partial charge is 0.322 e. The Labute approximate surface area is 187 Å². The molecule has 0 spiro atoms. The number of amides is 2. The molecular weight excluding hydrogens is 407 g/mol. The molecule has 7 heteroatoms. The number of aromatic nitrogens is 1. The van der Waals surface area contributed by atoms with E-state index in [0.29, 0.717) is 12.1 Å². The topological polar surface area (TPSA) is 68.4 Å². The predicted molar refractivity (Wildman–Crippen MR) is 125 cm³/mol. The first kappa shape index (κ1) is 22.0. The number of nitrogens with one attached hydrogen (secondary N) is 2. The fourth-order valence-corrected chi connectivity index (χ4v) is 4.50. The molecule has 2 heterocycles. The van der Waals surface area contributed by atoms with E-state index in [1.807, 2.05) is 31.2 Å². The highest BCUT2D eigenvalue weighted by molar-refractivity contribution is 5.89. The Morgan fingerprint density at radius 2 is 2.06 bits per heavy atom. The number of aryl methyl sites for hydroxylation is 1. The molecule has 1 atom stereocenters. The van der Waals surface area contributed by atoms with E-state index in [1.165, 1.54) is 12.1 Å². The first-order valence-electron chi connectivity index (χ1n) is 11.1. The molecule has 3 aromatic rings. The van der Waals surface area contributed by atoms with Gasteiger partial charge in [0.1, 0.15) is 5.82 Å². The van der Waals surface area contributed by atoms with Crippen molar-refractivity contribution in [1.29, 1.82) is 0 Å². The highest BCUT2D eigenvalue weighted by Crippen LogP contribution is 2.21. The number of urea groups is 1. The van der Waals surface area contributed by atoms with E-state index >= 15 is 0 Å². The molecule has 2 N–H and O–H groups in total. The first-order valence-corrected chi connectivity index (χ1v) is 11.1. The van der Waals surface area contributed by atoms with E-state index in [4.69, 9.17) is 0 Å². The van der Waals surface area contributed by atoms with Gasteiger partial charge in [0.15, 0.2) is 0 Å². The van der Waals surface area contributed by atoms with Gasteiger partial charge in [0.2, 0.25) is 0 Å². The van der Waals surface area contributed by atoms with Crippen molar-refractivity contribution in [2.45, 2.75) is 39.3 Å². The van der Waals surface area contributed by atoms with E-state index < -0.39 is 11.8 Å². The van der Waals surface area contributed by atoms with Crippen molar-refractivity contribution >= 4 is 22.6 Å². The number of hydrogen-bond acceptors (Lipinski definition) is 3. The Morgan fingerprint density at radius 1 is 1.25 bits per heavy atom. The van der Waals surface area contributed by atoms with Gasteiger partial charge < -0.3 is 15.2 Å². The zero-order valence-corrected chi connectivity index (χ0v) is 18.5. The molecule has 0 unspecified atom stereocenters. The van der Waals surface area contributed by atoms with Crippen LogP contribution in [0.25, 0.3) is 10.9 Å². The number of fused-ring (bicyclic) bond motifs is 1. The molecule has 168 valence electrons. The van der Waals surface area contributed by atoms with Gasteiger partial charge in [0.25, 0.3) is 5.56 Å². The Bertz CT molecular complexity index is 1180. The molecule has 6 nitrogen and oxygen atoms in total. The Balaban J connectivity index is 1.63. The number of para-hydroxylation sites is 2. The average Bonchev–Trinajstić information content (AvgIpc) is 3.23. The minimum atomic E-state index is -0.490. The number of carbonyl (C=O) groups excluding carboxylic acids is 1. The maximum atomic E-state index is 14.1. The third-order valence-corrected chi connectivity index (χ3v) is 6.27. The molecule has 0 aliphatic carbocycles. The molecule has 0 saturated carbocycles. The van der Waals surface area contributed by atoms with E-state index in [2.05, 4.69) is 22.1 Å². The molecule has 0 bridgehead atoms. The van der Waals surface area contributed by atoms with Gasteiger partial charge in [-0.2, -0.15) is 0 Å². The number of benzene rings is 2. The van der Waals surface area contributed by atoms with Gasteiger partial charge in [-0.3, -0.25) is 9.69 Å². The summed E-state index contributed by atoms with van der Waals surface area (Å²) in [7, 11) is 0. The quantitative estimate of drug-likeness (QED) is 0.598. The van der Waals surface area contributed by atoms with Crippen LogP contribution < -0.4 is 10.9 Å². The third kappa shape index (κ3) is 4.67. The highest BCUT2D eigenvalue weighted by Gasteiger charge is 2.28. The molecule has 1 saturated heterocycles. The fourth-order valence-electron chi connectivity index (χ4n) is 4.50. The standard InChI is InChI=1S/C25H29FN4O2/c1-3-29-13-7-10-20(29)16-30(25(32)27-22-12-5-4-11-21(22)26)15-19-14-18-9-6-8-17(2)23(18)28-24(19)31/h4-6,8-9,11-12,14,20H,3,7,10,13,15-16H2,1-2H3,(H,27,32)(H,28,31)/t20-/m1/s1. The number of nitrogens with zero attached hydrogens (tertiary/aromatic N) is 2. The summed E-state index contributed by atoms with van der Waals surface area (Å²) in [6.07, 6.45) is 2.07. The van der Waals surface area contributed by atoms with Gasteiger partial charge in [-0.05, 0) is 62.0 Å². The summed E-state index contributed by atoms with van der Waals surface area (Å²) < 4.78 is 14.1. The summed E-state index contributed by atoms with van der Waals surface area (Å²) in [6.45, 7) is 6.58. The molecule has 32 heavy (non-hydrogen) atoms. The number of halogens is 1. The maximum Gasteiger partial charge on any atom is 0.322 e. The summed E-state index contributed by atoms with van der Waals surface area (Å²) >= 11 is 0. The molecule has 1 aliphatic heterocycles. The minimum Gasteiger partial charge on any atom is -0.321 e. The van der Waals surface area contributed by atoms with E-state index in [9.17, 15) is 14.0 Å². The number of hydrogen-bond donors (Lipinski definition) is 2. The zero-order chi connectivity index (χ0) is 22.7.